The van der Waals surface area contributed by atoms with Gasteiger partial charge in [-0.15, -0.1) is 11.3 Å². The molecule has 3 aromatic heterocycles. The van der Waals surface area contributed by atoms with Crippen LogP contribution in [0.25, 0.3) is 81.1 Å². The Balaban J connectivity index is 1.23. The number of aromatic nitrogens is 1. The monoisotopic (exact) mass is 541 g/mol. The molecule has 0 atom stereocenters. The Morgan fingerprint density at radius 1 is 0.463 bits per heavy atom. The van der Waals surface area contributed by atoms with E-state index >= 15 is 0 Å². The average Bonchev–Trinajstić information content (AvgIpc) is 3.70. The smallest absolute Gasteiger partial charge is 0.161 e. The fourth-order valence-corrected chi connectivity index (χ4v) is 7.54. The summed E-state index contributed by atoms with van der Waals surface area (Å²) in [7, 11) is 0. The lowest BCUT2D eigenvalue weighted by atomic mass is 9.96. The molecule has 2 nitrogen and oxygen atoms in total. The second kappa shape index (κ2) is 8.69. The topological polar surface area (TPSA) is 18.1 Å². The molecule has 192 valence electrons. The zero-order valence-corrected chi connectivity index (χ0v) is 22.9. The Morgan fingerprint density at radius 3 is 1.95 bits per heavy atom. The van der Waals surface area contributed by atoms with E-state index in [4.69, 9.17) is 4.42 Å². The van der Waals surface area contributed by atoms with E-state index in [1.807, 2.05) is 11.3 Å². The first-order valence-electron chi connectivity index (χ1n) is 13.9. The fourth-order valence-electron chi connectivity index (χ4n) is 6.41. The highest BCUT2D eigenvalue weighted by Crippen LogP contribution is 2.43. The zero-order chi connectivity index (χ0) is 26.9. The van der Waals surface area contributed by atoms with Gasteiger partial charge in [0.15, 0.2) is 5.58 Å². The van der Waals surface area contributed by atoms with Gasteiger partial charge in [0.05, 0.1) is 5.52 Å². The van der Waals surface area contributed by atoms with Crippen LogP contribution in [-0.2, 0) is 0 Å². The number of thiophene rings is 1. The lowest BCUT2D eigenvalue weighted by Crippen LogP contribution is -1.92. The zero-order valence-electron chi connectivity index (χ0n) is 22.0. The van der Waals surface area contributed by atoms with Crippen LogP contribution in [0.4, 0.5) is 0 Å². The largest absolute Gasteiger partial charge is 0.453 e. The van der Waals surface area contributed by atoms with E-state index in [0.717, 1.165) is 49.8 Å². The molecule has 0 saturated carbocycles. The lowest BCUT2D eigenvalue weighted by Gasteiger charge is -2.09. The molecular weight excluding hydrogens is 518 g/mol. The Kier molecular flexibility index (Phi) is 4.80. The van der Waals surface area contributed by atoms with Crippen LogP contribution < -0.4 is 0 Å². The third-order valence-electron chi connectivity index (χ3n) is 8.23. The number of nitrogens with zero attached hydrogens (tertiary/aromatic N) is 1. The standard InChI is InChI=1S/C38H23NOS/c1-2-10-26(11-3-1)39-32-17-6-4-12-29(32)38-36(39)31-16-8-15-28(37(31)40-38)25-22-20-24(21-23-25)27-14-9-19-34-35(27)30-13-5-7-18-33(30)41-34/h1-23H. The van der Waals surface area contributed by atoms with Crippen molar-refractivity contribution in [2.75, 3.05) is 0 Å². The van der Waals surface area contributed by atoms with Crippen molar-refractivity contribution in [2.24, 2.45) is 0 Å². The van der Waals surface area contributed by atoms with E-state index in [-0.39, 0.29) is 0 Å². The van der Waals surface area contributed by atoms with Crippen molar-refractivity contribution in [3.8, 4) is 27.9 Å². The Hall–Kier alpha value is -5.12. The summed E-state index contributed by atoms with van der Waals surface area (Å²) in [6.45, 7) is 0. The van der Waals surface area contributed by atoms with Crippen LogP contribution in [0.3, 0.4) is 0 Å². The Bertz CT molecular complexity index is 2410. The van der Waals surface area contributed by atoms with Gasteiger partial charge in [-0.1, -0.05) is 97.1 Å². The minimum atomic E-state index is 0.923. The molecule has 0 saturated heterocycles. The quantitative estimate of drug-likeness (QED) is 0.217. The molecule has 0 N–H and O–H groups in total. The molecule has 3 heteroatoms. The summed E-state index contributed by atoms with van der Waals surface area (Å²) in [4.78, 5) is 0. The van der Waals surface area contributed by atoms with Gasteiger partial charge < -0.3 is 8.98 Å². The summed E-state index contributed by atoms with van der Waals surface area (Å²) in [5.41, 5.74) is 10.00. The first kappa shape index (κ1) is 22.7. The second-order valence-electron chi connectivity index (χ2n) is 10.5. The number of furan rings is 1. The molecule has 0 unspecified atom stereocenters. The number of para-hydroxylation sites is 3. The Labute approximate surface area is 240 Å². The molecule has 0 bridgehead atoms. The maximum atomic E-state index is 6.74. The van der Waals surface area contributed by atoms with Crippen molar-refractivity contribution in [1.29, 1.82) is 0 Å². The van der Waals surface area contributed by atoms with Crippen LogP contribution in [0.1, 0.15) is 0 Å². The predicted octanol–water partition coefficient (Wildman–Crippen LogP) is 11.2. The average molecular weight is 542 g/mol. The van der Waals surface area contributed by atoms with Crippen LogP contribution in [0.5, 0.6) is 0 Å². The number of fused-ring (bicyclic) bond motifs is 8. The highest BCUT2D eigenvalue weighted by molar-refractivity contribution is 7.25. The number of hydrogen-bond donors (Lipinski definition) is 0. The first-order chi connectivity index (χ1) is 20.3. The lowest BCUT2D eigenvalue weighted by molar-refractivity contribution is 0.674. The molecular formula is C38H23NOS. The van der Waals surface area contributed by atoms with Gasteiger partial charge in [-0.05, 0) is 59.2 Å². The van der Waals surface area contributed by atoms with E-state index < -0.39 is 0 Å². The van der Waals surface area contributed by atoms with E-state index in [1.165, 1.54) is 31.3 Å². The van der Waals surface area contributed by atoms with E-state index in [2.05, 4.69) is 144 Å². The predicted molar refractivity (Wildman–Crippen MR) is 174 cm³/mol. The maximum Gasteiger partial charge on any atom is 0.161 e. The van der Waals surface area contributed by atoms with Crippen molar-refractivity contribution in [2.45, 2.75) is 0 Å². The number of rotatable bonds is 3. The van der Waals surface area contributed by atoms with Crippen LogP contribution in [0.15, 0.2) is 144 Å². The van der Waals surface area contributed by atoms with Crippen molar-refractivity contribution in [3.63, 3.8) is 0 Å². The molecule has 6 aromatic carbocycles. The molecule has 0 radical (unpaired) electrons. The van der Waals surface area contributed by atoms with Gasteiger partial charge in [0.25, 0.3) is 0 Å². The molecule has 0 fully saturated rings. The van der Waals surface area contributed by atoms with Gasteiger partial charge in [0.2, 0.25) is 0 Å². The van der Waals surface area contributed by atoms with Gasteiger partial charge in [0, 0.05) is 42.2 Å². The van der Waals surface area contributed by atoms with Gasteiger partial charge in [-0.3, -0.25) is 0 Å². The molecule has 0 spiro atoms. The SMILES string of the molecule is c1ccc(-n2c3ccccc3c3oc4c(-c5ccc(-c6cccc7sc8ccccc8c67)cc5)cccc4c32)cc1. The molecule has 9 rings (SSSR count). The summed E-state index contributed by atoms with van der Waals surface area (Å²) >= 11 is 1.86. The summed E-state index contributed by atoms with van der Waals surface area (Å²) < 4.78 is 11.7. The number of hydrogen-bond acceptors (Lipinski definition) is 2. The molecule has 41 heavy (non-hydrogen) atoms. The minimum Gasteiger partial charge on any atom is -0.453 e. The number of benzene rings is 6. The van der Waals surface area contributed by atoms with Crippen molar-refractivity contribution < 1.29 is 4.42 Å². The van der Waals surface area contributed by atoms with Gasteiger partial charge in [0.1, 0.15) is 11.1 Å². The summed E-state index contributed by atoms with van der Waals surface area (Å²) in [5.74, 6) is 0. The molecule has 9 aromatic rings. The van der Waals surface area contributed by atoms with Crippen molar-refractivity contribution in [3.05, 3.63) is 140 Å². The van der Waals surface area contributed by atoms with E-state index in [9.17, 15) is 0 Å². The molecule has 0 amide bonds. The third kappa shape index (κ3) is 3.30. The highest BCUT2D eigenvalue weighted by Gasteiger charge is 2.21. The summed E-state index contributed by atoms with van der Waals surface area (Å²) in [6.07, 6.45) is 0. The van der Waals surface area contributed by atoms with Gasteiger partial charge in [-0.25, -0.2) is 0 Å². The normalized spacial score (nSPS) is 11.9. The van der Waals surface area contributed by atoms with Crippen LogP contribution in [-0.4, -0.2) is 4.57 Å². The van der Waals surface area contributed by atoms with Crippen molar-refractivity contribution >= 4 is 64.5 Å². The van der Waals surface area contributed by atoms with Crippen molar-refractivity contribution in [1.82, 2.24) is 4.57 Å². The third-order valence-corrected chi connectivity index (χ3v) is 9.36. The van der Waals surface area contributed by atoms with Crippen LogP contribution >= 0.6 is 11.3 Å². The van der Waals surface area contributed by atoms with Crippen LogP contribution in [0, 0.1) is 0 Å². The van der Waals surface area contributed by atoms with Gasteiger partial charge in [-0.2, -0.15) is 0 Å². The summed E-state index contributed by atoms with van der Waals surface area (Å²) in [6, 6.07) is 49.8. The Morgan fingerprint density at radius 2 is 1.10 bits per heavy atom. The van der Waals surface area contributed by atoms with Crippen LogP contribution in [0.2, 0.25) is 0 Å². The summed E-state index contributed by atoms with van der Waals surface area (Å²) in [5, 5.41) is 4.91. The highest BCUT2D eigenvalue weighted by atomic mass is 32.1. The molecule has 3 heterocycles. The molecule has 0 aliphatic carbocycles. The minimum absolute atomic E-state index is 0.923. The molecule has 0 aliphatic heterocycles. The van der Waals surface area contributed by atoms with E-state index in [1.54, 1.807) is 0 Å². The first-order valence-corrected chi connectivity index (χ1v) is 14.7. The van der Waals surface area contributed by atoms with Gasteiger partial charge >= 0.3 is 0 Å². The maximum absolute atomic E-state index is 6.74. The second-order valence-corrected chi connectivity index (χ2v) is 11.6. The van der Waals surface area contributed by atoms with E-state index in [0.29, 0.717) is 0 Å². The molecule has 0 aliphatic rings. The fraction of sp³-hybridized carbons (Fsp3) is 0.